The van der Waals surface area contributed by atoms with Crippen LogP contribution in [0.2, 0.25) is 0 Å². The normalized spacial score (nSPS) is 35.7. The molecular formula is C15H18O7. The largest absolute Gasteiger partial charge is 0.508 e. The molecule has 0 aliphatic carbocycles. The molecule has 22 heavy (non-hydrogen) atoms. The molecule has 7 nitrogen and oxygen atoms in total. The molecule has 5 N–H and O–H groups in total. The quantitative estimate of drug-likeness (QED) is 0.461. The van der Waals surface area contributed by atoms with Crippen LogP contribution in [0.1, 0.15) is 12.5 Å². The molecule has 1 aromatic carbocycles. The van der Waals surface area contributed by atoms with Crippen molar-refractivity contribution in [2.45, 2.75) is 37.1 Å². The molecule has 2 rings (SSSR count). The van der Waals surface area contributed by atoms with Gasteiger partial charge < -0.3 is 30.3 Å². The Morgan fingerprint density at radius 1 is 1.18 bits per heavy atom. The van der Waals surface area contributed by atoms with E-state index < -0.39 is 36.0 Å². The van der Waals surface area contributed by atoms with Crippen LogP contribution in [-0.4, -0.2) is 61.5 Å². The van der Waals surface area contributed by atoms with Crippen molar-refractivity contribution in [3.63, 3.8) is 0 Å². The minimum absolute atomic E-state index is 0.0686. The van der Waals surface area contributed by atoms with E-state index >= 15 is 0 Å². The highest BCUT2D eigenvalue weighted by Crippen LogP contribution is 2.29. The zero-order valence-electron chi connectivity index (χ0n) is 11.8. The summed E-state index contributed by atoms with van der Waals surface area (Å²) in [4.78, 5) is 12.1. The van der Waals surface area contributed by atoms with Crippen LogP contribution in [0.25, 0.3) is 6.08 Å². The number of ether oxygens (including phenoxy) is 1. The molecule has 0 radical (unpaired) electrons. The fraction of sp³-hybridized carbons (Fsp3) is 0.400. The Hall–Kier alpha value is -1.77. The number of phenolic OH excluding ortho intramolecular Hbond substituents is 1. The van der Waals surface area contributed by atoms with Gasteiger partial charge in [-0.2, -0.15) is 0 Å². The smallest absolute Gasteiger partial charge is 0.260 e. The molecule has 1 aromatic rings. The highest BCUT2D eigenvalue weighted by molar-refractivity contribution is 5.99. The minimum Gasteiger partial charge on any atom is -0.508 e. The third-order valence-corrected chi connectivity index (χ3v) is 3.59. The van der Waals surface area contributed by atoms with Gasteiger partial charge in [0.25, 0.3) is 5.79 Å². The van der Waals surface area contributed by atoms with Crippen molar-refractivity contribution in [3.8, 4) is 5.75 Å². The molecule has 0 saturated carbocycles. The standard InChI is InChI=1S/C15H18O7/c1-8-12(18)13(19)14(20)15(21,22-8)11(17)7-4-9-2-5-10(16)6-3-9/h2-8,12-14,16,18-21H,1H3/t8-,12-,13+,14+,15+/m1/s1. The van der Waals surface area contributed by atoms with Crippen molar-refractivity contribution in [2.75, 3.05) is 0 Å². The number of carbonyl (C=O) groups is 1. The molecule has 1 saturated heterocycles. The Bertz CT molecular complexity index is 568. The maximum Gasteiger partial charge on any atom is 0.260 e. The minimum atomic E-state index is -2.63. The molecule has 0 unspecified atom stereocenters. The summed E-state index contributed by atoms with van der Waals surface area (Å²) >= 11 is 0. The number of aromatic hydroxyl groups is 1. The summed E-state index contributed by atoms with van der Waals surface area (Å²) < 4.78 is 4.99. The molecule has 0 aromatic heterocycles. The molecule has 120 valence electrons. The lowest BCUT2D eigenvalue weighted by atomic mass is 9.90. The van der Waals surface area contributed by atoms with Gasteiger partial charge in [0.15, 0.2) is 0 Å². The van der Waals surface area contributed by atoms with E-state index in [0.717, 1.165) is 6.08 Å². The third kappa shape index (κ3) is 3.03. The maximum atomic E-state index is 12.1. The fourth-order valence-electron chi connectivity index (χ4n) is 2.20. The summed E-state index contributed by atoms with van der Waals surface area (Å²) in [6.07, 6.45) is -3.78. The Morgan fingerprint density at radius 3 is 2.36 bits per heavy atom. The number of ketones is 1. The van der Waals surface area contributed by atoms with Gasteiger partial charge in [-0.3, -0.25) is 4.79 Å². The van der Waals surface area contributed by atoms with Gasteiger partial charge >= 0.3 is 0 Å². The average molecular weight is 310 g/mol. The Kier molecular flexibility index (Phi) is 4.64. The van der Waals surface area contributed by atoms with Crippen LogP contribution in [0.5, 0.6) is 5.75 Å². The first kappa shape index (κ1) is 16.6. The molecule has 7 heteroatoms. The topological polar surface area (TPSA) is 127 Å². The first-order valence-corrected chi connectivity index (χ1v) is 6.71. The van der Waals surface area contributed by atoms with Gasteiger partial charge in [0.05, 0.1) is 6.10 Å². The number of hydrogen-bond donors (Lipinski definition) is 5. The first-order chi connectivity index (χ1) is 10.3. The molecule has 1 fully saturated rings. The molecular weight excluding hydrogens is 292 g/mol. The molecule has 1 heterocycles. The van der Waals surface area contributed by atoms with E-state index in [0.29, 0.717) is 5.56 Å². The van der Waals surface area contributed by atoms with E-state index in [4.69, 9.17) is 9.84 Å². The van der Waals surface area contributed by atoms with Gasteiger partial charge in [-0.05, 0) is 30.7 Å². The van der Waals surface area contributed by atoms with E-state index in [9.17, 15) is 25.2 Å². The van der Waals surface area contributed by atoms with Crippen molar-refractivity contribution in [1.82, 2.24) is 0 Å². The number of aliphatic hydroxyl groups is 4. The second-order valence-electron chi connectivity index (χ2n) is 5.23. The SMILES string of the molecule is C[C@H]1O[C@@](O)(C(=O)C=Cc2ccc(O)cc2)[C@@H](O)[C@@H](O)[C@@H]1O. The van der Waals surface area contributed by atoms with Gasteiger partial charge in [-0.1, -0.05) is 18.2 Å². The molecule has 1 aliphatic heterocycles. The number of benzene rings is 1. The van der Waals surface area contributed by atoms with Gasteiger partial charge in [0, 0.05) is 0 Å². The van der Waals surface area contributed by atoms with Gasteiger partial charge in [0.1, 0.15) is 24.1 Å². The van der Waals surface area contributed by atoms with Gasteiger partial charge in [0.2, 0.25) is 5.78 Å². The number of carbonyl (C=O) groups excluding carboxylic acids is 1. The average Bonchev–Trinajstić information content (AvgIpc) is 2.50. The number of rotatable bonds is 3. The predicted octanol–water partition coefficient (Wildman–Crippen LogP) is -0.836. The van der Waals surface area contributed by atoms with Crippen molar-refractivity contribution < 1.29 is 35.1 Å². The van der Waals surface area contributed by atoms with Crippen molar-refractivity contribution >= 4 is 11.9 Å². The van der Waals surface area contributed by atoms with E-state index in [-0.39, 0.29) is 5.75 Å². The van der Waals surface area contributed by atoms with Crippen molar-refractivity contribution in [1.29, 1.82) is 0 Å². The van der Waals surface area contributed by atoms with Crippen LogP contribution in [0.4, 0.5) is 0 Å². The van der Waals surface area contributed by atoms with Crippen LogP contribution >= 0.6 is 0 Å². The fourth-order valence-corrected chi connectivity index (χ4v) is 2.20. The molecule has 0 bridgehead atoms. The Morgan fingerprint density at radius 2 is 1.77 bits per heavy atom. The summed E-state index contributed by atoms with van der Waals surface area (Å²) in [7, 11) is 0. The second kappa shape index (κ2) is 6.15. The summed E-state index contributed by atoms with van der Waals surface area (Å²) in [5.74, 6) is -3.53. The van der Waals surface area contributed by atoms with Crippen molar-refractivity contribution in [2.24, 2.45) is 0 Å². The number of aliphatic hydroxyl groups excluding tert-OH is 3. The van der Waals surface area contributed by atoms with Crippen LogP contribution in [0.15, 0.2) is 30.3 Å². The van der Waals surface area contributed by atoms with Gasteiger partial charge in [-0.25, -0.2) is 0 Å². The summed E-state index contributed by atoms with van der Waals surface area (Å²) in [6.45, 7) is 1.36. The molecule has 5 atom stereocenters. The second-order valence-corrected chi connectivity index (χ2v) is 5.23. The number of hydrogen-bond acceptors (Lipinski definition) is 7. The third-order valence-electron chi connectivity index (χ3n) is 3.59. The zero-order valence-corrected chi connectivity index (χ0v) is 11.8. The number of phenols is 1. The lowest BCUT2D eigenvalue weighted by Crippen LogP contribution is -2.66. The predicted molar refractivity (Wildman–Crippen MR) is 75.7 cm³/mol. The van der Waals surface area contributed by atoms with E-state index in [2.05, 4.69) is 0 Å². The van der Waals surface area contributed by atoms with E-state index in [1.165, 1.54) is 25.1 Å². The first-order valence-electron chi connectivity index (χ1n) is 6.71. The monoisotopic (exact) mass is 310 g/mol. The molecule has 0 spiro atoms. The lowest BCUT2D eigenvalue weighted by molar-refractivity contribution is -0.322. The highest BCUT2D eigenvalue weighted by Gasteiger charge is 2.55. The Labute approximate surface area is 126 Å². The maximum absolute atomic E-state index is 12.1. The van der Waals surface area contributed by atoms with Crippen LogP contribution in [0.3, 0.4) is 0 Å². The summed E-state index contributed by atoms with van der Waals surface area (Å²) in [5, 5.41) is 48.4. The van der Waals surface area contributed by atoms with Crippen molar-refractivity contribution in [3.05, 3.63) is 35.9 Å². The summed E-state index contributed by atoms with van der Waals surface area (Å²) in [6, 6.07) is 5.94. The molecule has 0 amide bonds. The van der Waals surface area contributed by atoms with Crippen LogP contribution in [0, 0.1) is 0 Å². The van der Waals surface area contributed by atoms with Crippen LogP contribution in [-0.2, 0) is 9.53 Å². The van der Waals surface area contributed by atoms with Crippen LogP contribution < -0.4 is 0 Å². The lowest BCUT2D eigenvalue weighted by Gasteiger charge is -2.43. The molecule has 1 aliphatic rings. The van der Waals surface area contributed by atoms with E-state index in [1.807, 2.05) is 0 Å². The highest BCUT2D eigenvalue weighted by atomic mass is 16.7. The summed E-state index contributed by atoms with van der Waals surface area (Å²) in [5.41, 5.74) is 0.577. The van der Waals surface area contributed by atoms with E-state index in [1.54, 1.807) is 12.1 Å². The zero-order chi connectivity index (χ0) is 16.5. The van der Waals surface area contributed by atoms with Gasteiger partial charge in [-0.15, -0.1) is 0 Å². The Balaban J connectivity index is 2.18.